The van der Waals surface area contributed by atoms with E-state index in [4.69, 9.17) is 4.74 Å². The van der Waals surface area contributed by atoms with Gasteiger partial charge in [0, 0.05) is 12.3 Å². The van der Waals surface area contributed by atoms with Crippen molar-refractivity contribution in [2.24, 2.45) is 4.99 Å². The van der Waals surface area contributed by atoms with E-state index in [0.29, 0.717) is 13.2 Å². The van der Waals surface area contributed by atoms with Crippen molar-refractivity contribution in [3.8, 4) is 0 Å². The number of alkyl halides is 3. The summed E-state index contributed by atoms with van der Waals surface area (Å²) in [6.07, 6.45) is -3.59. The zero-order valence-electron chi connectivity index (χ0n) is 9.01. The molecule has 0 aromatic rings. The molecule has 0 unspecified atom stereocenters. The van der Waals surface area contributed by atoms with E-state index in [-0.39, 0.29) is 11.8 Å². The summed E-state index contributed by atoms with van der Waals surface area (Å²) in [5.41, 5.74) is 0.206. The van der Waals surface area contributed by atoms with Crippen LogP contribution in [0.5, 0.6) is 0 Å². The summed E-state index contributed by atoms with van der Waals surface area (Å²) in [5, 5.41) is 0. The van der Waals surface area contributed by atoms with E-state index < -0.39 is 18.4 Å². The highest BCUT2D eigenvalue weighted by Gasteiger charge is 2.37. The average molecular weight is 237 g/mol. The van der Waals surface area contributed by atoms with Crippen molar-refractivity contribution >= 4 is 11.5 Å². The van der Waals surface area contributed by atoms with Crippen molar-refractivity contribution < 1.29 is 22.7 Å². The quantitative estimate of drug-likeness (QED) is 0.703. The van der Waals surface area contributed by atoms with E-state index in [0.717, 1.165) is 12.8 Å². The lowest BCUT2D eigenvalue weighted by atomic mass is 10.2. The number of rotatable bonds is 4. The van der Waals surface area contributed by atoms with Crippen LogP contribution in [0.15, 0.2) is 4.99 Å². The molecule has 0 aromatic carbocycles. The molecule has 1 heterocycles. The monoisotopic (exact) mass is 237 g/mol. The smallest absolute Gasteiger partial charge is 0.376 e. The van der Waals surface area contributed by atoms with Crippen LogP contribution < -0.4 is 0 Å². The molecule has 1 aliphatic heterocycles. The maximum atomic E-state index is 11.9. The van der Waals surface area contributed by atoms with Gasteiger partial charge in [0.25, 0.3) is 0 Å². The highest BCUT2D eigenvalue weighted by Crippen LogP contribution is 2.18. The molecule has 6 heteroatoms. The molecule has 1 saturated heterocycles. The third-order valence-corrected chi connectivity index (χ3v) is 2.32. The molecule has 3 nitrogen and oxygen atoms in total. The molecule has 1 fully saturated rings. The molecule has 0 spiro atoms. The first-order valence-electron chi connectivity index (χ1n) is 5.11. The van der Waals surface area contributed by atoms with Gasteiger partial charge in [-0.2, -0.15) is 13.2 Å². The van der Waals surface area contributed by atoms with Gasteiger partial charge in [-0.25, -0.2) is 0 Å². The van der Waals surface area contributed by atoms with Gasteiger partial charge >= 0.3 is 6.18 Å². The summed E-state index contributed by atoms with van der Waals surface area (Å²) in [7, 11) is 0. The maximum Gasteiger partial charge on any atom is 0.450 e. The van der Waals surface area contributed by atoms with E-state index in [1.165, 1.54) is 6.92 Å². The average Bonchev–Trinajstić information content (AvgIpc) is 2.65. The molecule has 0 amide bonds. The lowest BCUT2D eigenvalue weighted by molar-refractivity contribution is -0.169. The Balaban J connectivity index is 2.36. The third-order valence-electron chi connectivity index (χ3n) is 2.32. The number of ether oxygens (including phenoxy) is 1. The van der Waals surface area contributed by atoms with Crippen molar-refractivity contribution in [1.29, 1.82) is 0 Å². The van der Waals surface area contributed by atoms with Crippen LogP contribution in [0.1, 0.15) is 26.2 Å². The number of Topliss-reactive ketones (excluding diaryl/α,β-unsaturated/α-hetero) is 1. The largest absolute Gasteiger partial charge is 0.450 e. The molecule has 0 bridgehead atoms. The molecule has 16 heavy (non-hydrogen) atoms. The Morgan fingerprint density at radius 2 is 2.19 bits per heavy atom. The highest BCUT2D eigenvalue weighted by molar-refractivity contribution is 6.03. The molecule has 0 aliphatic carbocycles. The SMILES string of the molecule is CC(CC(=O)C(F)(F)F)=NC[C@@H]1CCCO1. The van der Waals surface area contributed by atoms with Gasteiger partial charge in [0.1, 0.15) is 0 Å². The van der Waals surface area contributed by atoms with Gasteiger partial charge in [0.2, 0.25) is 5.78 Å². The number of hydrogen-bond acceptors (Lipinski definition) is 3. The number of aliphatic imine (C=N–C) groups is 1. The summed E-state index contributed by atoms with van der Waals surface area (Å²) >= 11 is 0. The van der Waals surface area contributed by atoms with Crippen LogP contribution in [-0.2, 0) is 9.53 Å². The summed E-state index contributed by atoms with van der Waals surface area (Å²) in [6.45, 7) is 2.45. The fraction of sp³-hybridized carbons (Fsp3) is 0.800. The van der Waals surface area contributed by atoms with Gasteiger partial charge in [-0.1, -0.05) is 0 Å². The van der Waals surface area contributed by atoms with Crippen molar-refractivity contribution in [3.63, 3.8) is 0 Å². The fourth-order valence-electron chi connectivity index (χ4n) is 1.43. The second-order valence-corrected chi connectivity index (χ2v) is 3.81. The second kappa shape index (κ2) is 5.43. The predicted molar refractivity (Wildman–Crippen MR) is 52.6 cm³/mol. The maximum absolute atomic E-state index is 11.9. The Morgan fingerprint density at radius 3 is 2.69 bits per heavy atom. The van der Waals surface area contributed by atoms with Crippen LogP contribution in [0.4, 0.5) is 13.2 Å². The first-order chi connectivity index (χ1) is 7.39. The van der Waals surface area contributed by atoms with Crippen LogP contribution in [-0.4, -0.2) is 36.9 Å². The zero-order valence-corrected chi connectivity index (χ0v) is 9.01. The van der Waals surface area contributed by atoms with Crippen LogP contribution >= 0.6 is 0 Å². The van der Waals surface area contributed by atoms with Crippen LogP contribution in [0, 0.1) is 0 Å². The van der Waals surface area contributed by atoms with Crippen LogP contribution in [0.25, 0.3) is 0 Å². The van der Waals surface area contributed by atoms with Gasteiger partial charge in [0.15, 0.2) is 0 Å². The lowest BCUT2D eigenvalue weighted by Crippen LogP contribution is -2.25. The normalized spacial score (nSPS) is 22.5. The van der Waals surface area contributed by atoms with E-state index in [9.17, 15) is 18.0 Å². The Hall–Kier alpha value is -0.910. The van der Waals surface area contributed by atoms with Crippen molar-refractivity contribution in [2.75, 3.05) is 13.2 Å². The summed E-state index contributed by atoms with van der Waals surface area (Å²) in [6, 6.07) is 0. The molecular formula is C10H14F3NO2. The van der Waals surface area contributed by atoms with Crippen molar-refractivity contribution in [1.82, 2.24) is 0 Å². The number of carbonyl (C=O) groups excluding carboxylic acids is 1. The second-order valence-electron chi connectivity index (χ2n) is 3.81. The summed E-state index contributed by atoms with van der Waals surface area (Å²) in [5.74, 6) is -1.75. The molecule has 0 radical (unpaired) electrons. The molecule has 1 rings (SSSR count). The molecule has 0 aromatic heterocycles. The van der Waals surface area contributed by atoms with Crippen molar-refractivity contribution in [2.45, 2.75) is 38.5 Å². The number of ketones is 1. The minimum Gasteiger partial charge on any atom is -0.376 e. The van der Waals surface area contributed by atoms with Crippen LogP contribution in [0.3, 0.4) is 0 Å². The number of hydrogen-bond donors (Lipinski definition) is 0. The van der Waals surface area contributed by atoms with E-state index in [2.05, 4.69) is 4.99 Å². The Kier molecular flexibility index (Phi) is 4.46. The van der Waals surface area contributed by atoms with E-state index in [1.807, 2.05) is 0 Å². The first-order valence-corrected chi connectivity index (χ1v) is 5.11. The highest BCUT2D eigenvalue weighted by atomic mass is 19.4. The molecule has 0 N–H and O–H groups in total. The fourth-order valence-corrected chi connectivity index (χ4v) is 1.43. The van der Waals surface area contributed by atoms with E-state index in [1.54, 1.807) is 0 Å². The Bertz CT molecular complexity index is 280. The van der Waals surface area contributed by atoms with Crippen LogP contribution in [0.2, 0.25) is 0 Å². The van der Waals surface area contributed by atoms with Gasteiger partial charge in [-0.05, 0) is 19.8 Å². The molecular weight excluding hydrogens is 223 g/mol. The van der Waals surface area contributed by atoms with E-state index >= 15 is 0 Å². The Labute approximate surface area is 91.7 Å². The van der Waals surface area contributed by atoms with Gasteiger partial charge in [0.05, 0.1) is 19.1 Å². The first kappa shape index (κ1) is 13.2. The predicted octanol–water partition coefficient (Wildman–Crippen LogP) is 2.15. The Morgan fingerprint density at radius 1 is 1.50 bits per heavy atom. The number of nitrogens with zero attached hydrogens (tertiary/aromatic N) is 1. The topological polar surface area (TPSA) is 38.7 Å². The van der Waals surface area contributed by atoms with Crippen molar-refractivity contribution in [3.05, 3.63) is 0 Å². The third kappa shape index (κ3) is 4.30. The zero-order chi connectivity index (χ0) is 12.2. The minimum absolute atomic E-state index is 0.00376. The molecule has 92 valence electrons. The molecule has 1 aliphatic rings. The van der Waals surface area contributed by atoms with Gasteiger partial charge < -0.3 is 4.74 Å². The van der Waals surface area contributed by atoms with Gasteiger partial charge in [-0.3, -0.25) is 9.79 Å². The standard InChI is InChI=1S/C10H14F3NO2/c1-7(5-9(15)10(11,12)13)14-6-8-3-2-4-16-8/h8H,2-6H2,1H3/t8-/m0/s1. The summed E-state index contributed by atoms with van der Waals surface area (Å²) in [4.78, 5) is 14.6. The number of halogens is 3. The molecule has 1 atom stereocenters. The lowest BCUT2D eigenvalue weighted by Gasteiger charge is -2.07. The molecule has 0 saturated carbocycles. The minimum atomic E-state index is -4.76. The number of carbonyl (C=O) groups is 1. The summed E-state index contributed by atoms with van der Waals surface area (Å²) < 4.78 is 41.0. The van der Waals surface area contributed by atoms with Gasteiger partial charge in [-0.15, -0.1) is 0 Å².